The number of carbonyl (C=O) groups is 1. The van der Waals surface area contributed by atoms with Gasteiger partial charge >= 0.3 is 5.97 Å². The smallest absolute Gasteiger partial charge is 0.312 e. The SMILES string of the molecule is Cc1cc(OCC(C)(C)C(=O)O)ccc1Cl. The van der Waals surface area contributed by atoms with Crippen molar-refractivity contribution in [1.29, 1.82) is 0 Å². The molecule has 16 heavy (non-hydrogen) atoms. The van der Waals surface area contributed by atoms with Crippen LogP contribution in [0.15, 0.2) is 18.2 Å². The van der Waals surface area contributed by atoms with Crippen molar-refractivity contribution in [3.05, 3.63) is 28.8 Å². The van der Waals surface area contributed by atoms with E-state index in [0.29, 0.717) is 10.8 Å². The zero-order valence-electron chi connectivity index (χ0n) is 9.58. The first-order valence-corrected chi connectivity index (χ1v) is 5.33. The van der Waals surface area contributed by atoms with Crippen molar-refractivity contribution in [2.75, 3.05) is 6.61 Å². The highest BCUT2D eigenvalue weighted by atomic mass is 35.5. The summed E-state index contributed by atoms with van der Waals surface area (Å²) >= 11 is 5.87. The Balaban J connectivity index is 2.68. The van der Waals surface area contributed by atoms with Gasteiger partial charge in [-0.15, -0.1) is 0 Å². The first-order valence-electron chi connectivity index (χ1n) is 4.95. The van der Waals surface area contributed by atoms with Crippen molar-refractivity contribution in [2.45, 2.75) is 20.8 Å². The molecule has 0 aromatic heterocycles. The molecular formula is C12H15ClO3. The Morgan fingerprint density at radius 3 is 2.62 bits per heavy atom. The molecule has 4 heteroatoms. The molecule has 0 amide bonds. The standard InChI is InChI=1S/C12H15ClO3/c1-8-6-9(4-5-10(8)13)16-7-12(2,3)11(14)15/h4-6H,7H2,1-3H3,(H,14,15). The van der Waals surface area contributed by atoms with Gasteiger partial charge in [0.1, 0.15) is 12.4 Å². The minimum absolute atomic E-state index is 0.128. The highest BCUT2D eigenvalue weighted by molar-refractivity contribution is 6.31. The number of carboxylic acid groups (broad SMARTS) is 1. The van der Waals surface area contributed by atoms with E-state index in [1.807, 2.05) is 6.92 Å². The summed E-state index contributed by atoms with van der Waals surface area (Å²) in [5.74, 6) is -0.241. The minimum Gasteiger partial charge on any atom is -0.492 e. The van der Waals surface area contributed by atoms with Gasteiger partial charge in [-0.05, 0) is 44.5 Å². The number of benzene rings is 1. The maximum Gasteiger partial charge on any atom is 0.312 e. The topological polar surface area (TPSA) is 46.5 Å². The summed E-state index contributed by atoms with van der Waals surface area (Å²) in [6.07, 6.45) is 0. The van der Waals surface area contributed by atoms with Crippen LogP contribution in [-0.2, 0) is 4.79 Å². The Morgan fingerprint density at radius 2 is 2.12 bits per heavy atom. The number of aliphatic carboxylic acids is 1. The first-order chi connectivity index (χ1) is 7.33. The van der Waals surface area contributed by atoms with Crippen LogP contribution in [0.1, 0.15) is 19.4 Å². The lowest BCUT2D eigenvalue weighted by Gasteiger charge is -2.19. The molecule has 0 atom stereocenters. The lowest BCUT2D eigenvalue weighted by atomic mass is 9.95. The number of rotatable bonds is 4. The number of hydrogen-bond donors (Lipinski definition) is 1. The van der Waals surface area contributed by atoms with Crippen molar-refractivity contribution in [2.24, 2.45) is 5.41 Å². The number of ether oxygens (including phenoxy) is 1. The fourth-order valence-corrected chi connectivity index (χ4v) is 1.15. The second kappa shape index (κ2) is 4.74. The van der Waals surface area contributed by atoms with Crippen LogP contribution < -0.4 is 4.74 Å². The molecule has 0 spiro atoms. The number of carboxylic acids is 1. The van der Waals surface area contributed by atoms with Crippen molar-refractivity contribution >= 4 is 17.6 Å². The largest absolute Gasteiger partial charge is 0.492 e. The van der Waals surface area contributed by atoms with Gasteiger partial charge in [0, 0.05) is 5.02 Å². The first kappa shape index (κ1) is 12.8. The van der Waals surface area contributed by atoms with Crippen LogP contribution in [0.3, 0.4) is 0 Å². The maximum atomic E-state index is 10.9. The molecule has 0 fully saturated rings. The average Bonchev–Trinajstić information content (AvgIpc) is 2.20. The van der Waals surface area contributed by atoms with Crippen LogP contribution in [0.4, 0.5) is 0 Å². The van der Waals surface area contributed by atoms with Crippen LogP contribution in [0.25, 0.3) is 0 Å². The third kappa shape index (κ3) is 3.14. The van der Waals surface area contributed by atoms with Crippen LogP contribution in [0, 0.1) is 12.3 Å². The van der Waals surface area contributed by atoms with Gasteiger partial charge < -0.3 is 9.84 Å². The zero-order valence-corrected chi connectivity index (χ0v) is 10.3. The number of halogens is 1. The lowest BCUT2D eigenvalue weighted by molar-refractivity contribution is -0.148. The fourth-order valence-electron chi connectivity index (χ4n) is 1.03. The summed E-state index contributed by atoms with van der Waals surface area (Å²) in [6.45, 7) is 5.25. The normalized spacial score (nSPS) is 11.2. The number of hydrogen-bond acceptors (Lipinski definition) is 2. The van der Waals surface area contributed by atoms with Gasteiger partial charge in [0.2, 0.25) is 0 Å². The van der Waals surface area contributed by atoms with E-state index in [1.165, 1.54) is 0 Å². The van der Waals surface area contributed by atoms with Gasteiger partial charge in [0.05, 0.1) is 5.41 Å². The van der Waals surface area contributed by atoms with Gasteiger partial charge in [-0.2, -0.15) is 0 Å². The van der Waals surface area contributed by atoms with Gasteiger partial charge in [-0.3, -0.25) is 4.79 Å². The predicted molar refractivity (Wildman–Crippen MR) is 63.1 cm³/mol. The molecular weight excluding hydrogens is 228 g/mol. The summed E-state index contributed by atoms with van der Waals surface area (Å²) in [6, 6.07) is 5.26. The molecule has 1 aromatic rings. The Labute approximate surface area is 100.0 Å². The van der Waals surface area contributed by atoms with Gasteiger partial charge in [0.15, 0.2) is 0 Å². The van der Waals surface area contributed by atoms with E-state index in [-0.39, 0.29) is 6.61 Å². The highest BCUT2D eigenvalue weighted by Crippen LogP contribution is 2.23. The van der Waals surface area contributed by atoms with Crippen molar-refractivity contribution in [3.63, 3.8) is 0 Å². The summed E-state index contributed by atoms with van der Waals surface area (Å²) in [5.41, 5.74) is 0.0142. The Bertz CT molecular complexity index is 399. The van der Waals surface area contributed by atoms with E-state index in [1.54, 1.807) is 32.0 Å². The monoisotopic (exact) mass is 242 g/mol. The van der Waals surface area contributed by atoms with E-state index in [2.05, 4.69) is 0 Å². The predicted octanol–water partition coefficient (Wildman–Crippen LogP) is 3.14. The molecule has 0 saturated carbocycles. The molecule has 1 rings (SSSR count). The molecule has 1 aromatic carbocycles. The van der Waals surface area contributed by atoms with Gasteiger partial charge in [0.25, 0.3) is 0 Å². The molecule has 0 radical (unpaired) electrons. The molecule has 0 saturated heterocycles. The average molecular weight is 243 g/mol. The zero-order chi connectivity index (χ0) is 12.3. The lowest BCUT2D eigenvalue weighted by Crippen LogP contribution is -2.30. The van der Waals surface area contributed by atoms with Crippen LogP contribution >= 0.6 is 11.6 Å². The Hall–Kier alpha value is -1.22. The molecule has 0 aliphatic heterocycles. The highest BCUT2D eigenvalue weighted by Gasteiger charge is 2.28. The van der Waals surface area contributed by atoms with Gasteiger partial charge in [-0.25, -0.2) is 0 Å². The van der Waals surface area contributed by atoms with E-state index in [9.17, 15) is 4.79 Å². The second-order valence-corrected chi connectivity index (χ2v) is 4.80. The van der Waals surface area contributed by atoms with E-state index in [0.717, 1.165) is 5.56 Å². The Morgan fingerprint density at radius 1 is 1.50 bits per heavy atom. The summed E-state index contributed by atoms with van der Waals surface area (Å²) in [5, 5.41) is 9.59. The summed E-state index contributed by atoms with van der Waals surface area (Å²) in [4.78, 5) is 10.9. The molecule has 1 N–H and O–H groups in total. The van der Waals surface area contributed by atoms with Crippen LogP contribution in [-0.4, -0.2) is 17.7 Å². The van der Waals surface area contributed by atoms with E-state index >= 15 is 0 Å². The number of aryl methyl sites for hydroxylation is 1. The Kier molecular flexibility index (Phi) is 3.81. The summed E-state index contributed by atoms with van der Waals surface area (Å²) in [7, 11) is 0. The maximum absolute atomic E-state index is 10.9. The fraction of sp³-hybridized carbons (Fsp3) is 0.417. The third-order valence-corrected chi connectivity index (χ3v) is 2.73. The molecule has 0 bridgehead atoms. The van der Waals surface area contributed by atoms with E-state index in [4.69, 9.17) is 21.4 Å². The molecule has 0 heterocycles. The van der Waals surface area contributed by atoms with E-state index < -0.39 is 11.4 Å². The quantitative estimate of drug-likeness (QED) is 0.882. The molecule has 0 aliphatic rings. The van der Waals surface area contributed by atoms with Crippen LogP contribution in [0.2, 0.25) is 5.02 Å². The molecule has 88 valence electrons. The molecule has 0 unspecified atom stereocenters. The van der Waals surface area contributed by atoms with Crippen molar-refractivity contribution in [1.82, 2.24) is 0 Å². The van der Waals surface area contributed by atoms with Crippen LogP contribution in [0.5, 0.6) is 5.75 Å². The van der Waals surface area contributed by atoms with Crippen molar-refractivity contribution in [3.8, 4) is 5.75 Å². The van der Waals surface area contributed by atoms with Gasteiger partial charge in [-0.1, -0.05) is 11.6 Å². The molecule has 0 aliphatic carbocycles. The third-order valence-electron chi connectivity index (χ3n) is 2.31. The minimum atomic E-state index is -0.895. The summed E-state index contributed by atoms with van der Waals surface area (Å²) < 4.78 is 5.43. The molecule has 3 nitrogen and oxygen atoms in total. The van der Waals surface area contributed by atoms with Crippen molar-refractivity contribution < 1.29 is 14.6 Å². The second-order valence-electron chi connectivity index (χ2n) is 4.39.